The Balaban J connectivity index is 2.98. The number of rotatable bonds is 4. The van der Waals surface area contributed by atoms with Gasteiger partial charge in [0.2, 0.25) is 0 Å². The topological polar surface area (TPSA) is 66.4 Å². The smallest absolute Gasteiger partial charge is 0.326 e. The maximum atomic E-state index is 13.5. The van der Waals surface area contributed by atoms with Crippen LogP contribution in [-0.2, 0) is 4.79 Å². The Morgan fingerprint density at radius 1 is 1.39 bits per heavy atom. The SMILES string of the molecule is CC(C)[C@@H](NC(=O)c1c(F)cccc1Cl)C(=O)O. The molecule has 0 radical (unpaired) electrons. The molecule has 0 bridgehead atoms. The predicted octanol–water partition coefficient (Wildman–Crippen LogP) is 2.32. The van der Waals surface area contributed by atoms with Crippen molar-refractivity contribution in [3.63, 3.8) is 0 Å². The normalized spacial score (nSPS) is 12.3. The lowest BCUT2D eigenvalue weighted by atomic mass is 10.0. The molecule has 0 unspecified atom stereocenters. The zero-order chi connectivity index (χ0) is 13.9. The number of benzene rings is 1. The van der Waals surface area contributed by atoms with Gasteiger partial charge in [0.25, 0.3) is 5.91 Å². The molecule has 0 aliphatic heterocycles. The minimum absolute atomic E-state index is 0.0552. The van der Waals surface area contributed by atoms with Gasteiger partial charge in [-0.2, -0.15) is 0 Å². The van der Waals surface area contributed by atoms with Crippen molar-refractivity contribution in [2.75, 3.05) is 0 Å². The van der Waals surface area contributed by atoms with E-state index in [4.69, 9.17) is 16.7 Å². The summed E-state index contributed by atoms with van der Waals surface area (Å²) >= 11 is 5.72. The molecule has 0 spiro atoms. The number of halogens is 2. The van der Waals surface area contributed by atoms with E-state index >= 15 is 0 Å². The summed E-state index contributed by atoms with van der Waals surface area (Å²) in [5, 5.41) is 11.1. The lowest BCUT2D eigenvalue weighted by Crippen LogP contribution is -2.44. The molecule has 1 aromatic carbocycles. The van der Waals surface area contributed by atoms with Crippen molar-refractivity contribution < 1.29 is 19.1 Å². The Hall–Kier alpha value is -1.62. The molecule has 0 heterocycles. The summed E-state index contributed by atoms with van der Waals surface area (Å²) in [7, 11) is 0. The fourth-order valence-corrected chi connectivity index (χ4v) is 1.69. The molecule has 0 aromatic heterocycles. The molecule has 2 N–H and O–H groups in total. The zero-order valence-corrected chi connectivity index (χ0v) is 10.7. The first-order chi connectivity index (χ1) is 8.34. The number of carbonyl (C=O) groups excluding carboxylic acids is 1. The Morgan fingerprint density at radius 3 is 2.44 bits per heavy atom. The number of hydrogen-bond donors (Lipinski definition) is 2. The molecule has 6 heteroatoms. The van der Waals surface area contributed by atoms with Crippen LogP contribution in [0, 0.1) is 11.7 Å². The van der Waals surface area contributed by atoms with Crippen molar-refractivity contribution >= 4 is 23.5 Å². The summed E-state index contributed by atoms with van der Waals surface area (Å²) in [4.78, 5) is 22.7. The van der Waals surface area contributed by atoms with Crippen molar-refractivity contribution in [3.8, 4) is 0 Å². The van der Waals surface area contributed by atoms with Crippen LogP contribution in [0.15, 0.2) is 18.2 Å². The second-order valence-corrected chi connectivity index (χ2v) is 4.54. The average Bonchev–Trinajstić information content (AvgIpc) is 2.24. The molecule has 18 heavy (non-hydrogen) atoms. The first-order valence-corrected chi connectivity index (χ1v) is 5.70. The van der Waals surface area contributed by atoms with Gasteiger partial charge < -0.3 is 10.4 Å². The third kappa shape index (κ3) is 3.20. The van der Waals surface area contributed by atoms with Crippen LogP contribution >= 0.6 is 11.6 Å². The highest BCUT2D eigenvalue weighted by molar-refractivity contribution is 6.33. The van der Waals surface area contributed by atoms with Gasteiger partial charge >= 0.3 is 5.97 Å². The molecule has 1 rings (SSSR count). The third-order valence-electron chi connectivity index (χ3n) is 2.41. The van der Waals surface area contributed by atoms with E-state index in [2.05, 4.69) is 5.32 Å². The van der Waals surface area contributed by atoms with Crippen molar-refractivity contribution in [1.29, 1.82) is 0 Å². The molecule has 1 aromatic rings. The lowest BCUT2D eigenvalue weighted by Gasteiger charge is -2.18. The first kappa shape index (κ1) is 14.4. The van der Waals surface area contributed by atoms with Gasteiger partial charge in [0.1, 0.15) is 11.9 Å². The number of carboxylic acid groups (broad SMARTS) is 1. The highest BCUT2D eigenvalue weighted by atomic mass is 35.5. The minimum Gasteiger partial charge on any atom is -0.480 e. The first-order valence-electron chi connectivity index (χ1n) is 5.32. The van der Waals surface area contributed by atoms with Crippen LogP contribution in [-0.4, -0.2) is 23.0 Å². The Labute approximate surface area is 109 Å². The molecule has 98 valence electrons. The summed E-state index contributed by atoms with van der Waals surface area (Å²) in [5.41, 5.74) is -0.342. The van der Waals surface area contributed by atoms with Crippen molar-refractivity contribution in [2.45, 2.75) is 19.9 Å². The van der Waals surface area contributed by atoms with E-state index in [9.17, 15) is 14.0 Å². The fraction of sp³-hybridized carbons (Fsp3) is 0.333. The number of carboxylic acids is 1. The summed E-state index contributed by atoms with van der Waals surface area (Å²) in [5.74, 6) is -3.12. The molecule has 1 amide bonds. The van der Waals surface area contributed by atoms with E-state index in [1.54, 1.807) is 13.8 Å². The van der Waals surface area contributed by atoms with Gasteiger partial charge in [-0.1, -0.05) is 31.5 Å². The molecular formula is C12H13ClFNO3. The van der Waals surface area contributed by atoms with Crippen LogP contribution in [0.25, 0.3) is 0 Å². The predicted molar refractivity (Wildman–Crippen MR) is 65.1 cm³/mol. The van der Waals surface area contributed by atoms with Gasteiger partial charge in [-0.3, -0.25) is 4.79 Å². The highest BCUT2D eigenvalue weighted by Crippen LogP contribution is 2.19. The van der Waals surface area contributed by atoms with Gasteiger partial charge in [-0.15, -0.1) is 0 Å². The second-order valence-electron chi connectivity index (χ2n) is 4.13. The van der Waals surface area contributed by atoms with Crippen molar-refractivity contribution in [1.82, 2.24) is 5.32 Å². The second kappa shape index (κ2) is 5.82. The van der Waals surface area contributed by atoms with Gasteiger partial charge in [0.05, 0.1) is 10.6 Å². The number of hydrogen-bond acceptors (Lipinski definition) is 2. The molecule has 0 saturated heterocycles. The van der Waals surface area contributed by atoms with Crippen LogP contribution in [0.1, 0.15) is 24.2 Å². The Bertz CT molecular complexity index is 456. The average molecular weight is 274 g/mol. The Kier molecular flexibility index (Phi) is 4.67. The standard InChI is InChI=1S/C12H13ClFNO3/c1-6(2)10(12(17)18)15-11(16)9-7(13)4-3-5-8(9)14/h3-6,10H,1-2H3,(H,15,16)(H,17,18)/t10-/m1/s1. The van der Waals surface area contributed by atoms with Crippen LogP contribution < -0.4 is 5.32 Å². The van der Waals surface area contributed by atoms with Gasteiger partial charge in [-0.05, 0) is 18.1 Å². The highest BCUT2D eigenvalue weighted by Gasteiger charge is 2.26. The van der Waals surface area contributed by atoms with Crippen LogP contribution in [0.5, 0.6) is 0 Å². The van der Waals surface area contributed by atoms with E-state index in [0.717, 1.165) is 6.07 Å². The Morgan fingerprint density at radius 2 is 2.00 bits per heavy atom. The summed E-state index contributed by atoms with van der Waals surface area (Å²) in [6.07, 6.45) is 0. The van der Waals surface area contributed by atoms with Crippen molar-refractivity contribution in [3.05, 3.63) is 34.6 Å². The largest absolute Gasteiger partial charge is 0.480 e. The monoisotopic (exact) mass is 273 g/mol. The summed E-state index contributed by atoms with van der Waals surface area (Å²) < 4.78 is 13.5. The van der Waals surface area contributed by atoms with Gasteiger partial charge in [0.15, 0.2) is 0 Å². The molecule has 4 nitrogen and oxygen atoms in total. The van der Waals surface area contributed by atoms with Crippen LogP contribution in [0.4, 0.5) is 4.39 Å². The van der Waals surface area contributed by atoms with E-state index in [1.165, 1.54) is 12.1 Å². The minimum atomic E-state index is -1.18. The number of carbonyl (C=O) groups is 2. The fourth-order valence-electron chi connectivity index (χ4n) is 1.44. The third-order valence-corrected chi connectivity index (χ3v) is 2.72. The van der Waals surface area contributed by atoms with Gasteiger partial charge in [0, 0.05) is 0 Å². The number of aliphatic carboxylic acids is 1. The molecule has 1 atom stereocenters. The van der Waals surface area contributed by atoms with E-state index in [0.29, 0.717) is 0 Å². The van der Waals surface area contributed by atoms with E-state index in [1.807, 2.05) is 0 Å². The molecule has 0 aliphatic rings. The lowest BCUT2D eigenvalue weighted by molar-refractivity contribution is -0.140. The maximum absolute atomic E-state index is 13.5. The molecular weight excluding hydrogens is 261 g/mol. The van der Waals surface area contributed by atoms with Gasteiger partial charge in [-0.25, -0.2) is 9.18 Å². The molecule has 0 fully saturated rings. The van der Waals surface area contributed by atoms with E-state index < -0.39 is 23.7 Å². The summed E-state index contributed by atoms with van der Waals surface area (Å²) in [6, 6.07) is 2.73. The number of nitrogens with one attached hydrogen (secondary N) is 1. The quantitative estimate of drug-likeness (QED) is 0.885. The van der Waals surface area contributed by atoms with Crippen LogP contribution in [0.3, 0.4) is 0 Å². The molecule has 0 aliphatic carbocycles. The number of amides is 1. The zero-order valence-electron chi connectivity index (χ0n) is 9.91. The van der Waals surface area contributed by atoms with Crippen LogP contribution in [0.2, 0.25) is 5.02 Å². The van der Waals surface area contributed by atoms with E-state index in [-0.39, 0.29) is 16.5 Å². The van der Waals surface area contributed by atoms with Crippen molar-refractivity contribution in [2.24, 2.45) is 5.92 Å². The summed E-state index contributed by atoms with van der Waals surface area (Å²) in [6.45, 7) is 3.28. The molecule has 0 saturated carbocycles. The maximum Gasteiger partial charge on any atom is 0.326 e.